The Balaban J connectivity index is 1.80. The van der Waals surface area contributed by atoms with Gasteiger partial charge in [-0.2, -0.15) is 0 Å². The zero-order valence-electron chi connectivity index (χ0n) is 7.99. The molecule has 2 unspecified atom stereocenters. The Bertz CT molecular complexity index is 350. The number of carbonyl (C=O) groups excluding carboxylic acids is 1. The van der Waals surface area contributed by atoms with Crippen molar-refractivity contribution in [3.63, 3.8) is 0 Å². The predicted octanol–water partition coefficient (Wildman–Crippen LogP) is 0.415. The number of hydrogen-bond acceptors (Lipinski definition) is 4. The van der Waals surface area contributed by atoms with E-state index >= 15 is 0 Å². The molecule has 1 fully saturated rings. The summed E-state index contributed by atoms with van der Waals surface area (Å²) in [5.74, 6) is 0.0985. The molecule has 0 bridgehead atoms. The Morgan fingerprint density at radius 3 is 3.07 bits per heavy atom. The van der Waals surface area contributed by atoms with Crippen molar-refractivity contribution in [1.82, 2.24) is 10.3 Å². The predicted molar refractivity (Wildman–Crippen MR) is 54.8 cm³/mol. The average Bonchev–Trinajstić information content (AvgIpc) is 2.72. The van der Waals surface area contributed by atoms with Gasteiger partial charge in [0.25, 0.3) is 0 Å². The maximum Gasteiger partial charge on any atom is 0.225 e. The molecule has 5 heteroatoms. The number of aryl methyl sites for hydroxylation is 1. The SMILES string of the molecule is Cc1csc(CNC(=O)C2CC2N)n1. The molecule has 1 amide bonds. The van der Waals surface area contributed by atoms with Crippen molar-refractivity contribution in [3.8, 4) is 0 Å². The van der Waals surface area contributed by atoms with Crippen LogP contribution in [0.5, 0.6) is 0 Å². The van der Waals surface area contributed by atoms with Crippen LogP contribution in [0.2, 0.25) is 0 Å². The quantitative estimate of drug-likeness (QED) is 0.761. The van der Waals surface area contributed by atoms with Crippen LogP contribution in [0.3, 0.4) is 0 Å². The van der Waals surface area contributed by atoms with E-state index in [1.807, 2.05) is 12.3 Å². The maximum absolute atomic E-state index is 11.4. The summed E-state index contributed by atoms with van der Waals surface area (Å²) in [6.07, 6.45) is 0.822. The summed E-state index contributed by atoms with van der Waals surface area (Å²) in [6, 6.07) is 0.0769. The van der Waals surface area contributed by atoms with Crippen LogP contribution < -0.4 is 11.1 Å². The zero-order chi connectivity index (χ0) is 10.1. The molecule has 0 radical (unpaired) electrons. The van der Waals surface area contributed by atoms with Gasteiger partial charge in [-0.1, -0.05) is 0 Å². The van der Waals surface area contributed by atoms with Gasteiger partial charge < -0.3 is 11.1 Å². The van der Waals surface area contributed by atoms with Crippen LogP contribution in [0.25, 0.3) is 0 Å². The highest BCUT2D eigenvalue weighted by Gasteiger charge is 2.39. The fraction of sp³-hybridized carbons (Fsp3) is 0.556. The molecular weight excluding hydrogens is 198 g/mol. The van der Waals surface area contributed by atoms with Crippen LogP contribution in [0.15, 0.2) is 5.38 Å². The number of carbonyl (C=O) groups is 1. The lowest BCUT2D eigenvalue weighted by atomic mass is 10.4. The number of hydrogen-bond donors (Lipinski definition) is 2. The van der Waals surface area contributed by atoms with Crippen LogP contribution in [-0.2, 0) is 11.3 Å². The lowest BCUT2D eigenvalue weighted by Gasteiger charge is -2.00. The van der Waals surface area contributed by atoms with Crippen molar-refractivity contribution < 1.29 is 4.79 Å². The molecule has 76 valence electrons. The average molecular weight is 211 g/mol. The van der Waals surface area contributed by atoms with Crippen molar-refractivity contribution in [3.05, 3.63) is 16.1 Å². The Hall–Kier alpha value is -0.940. The molecule has 1 aromatic rings. The van der Waals surface area contributed by atoms with E-state index in [9.17, 15) is 4.79 Å². The second-order valence-corrected chi connectivity index (χ2v) is 4.55. The topological polar surface area (TPSA) is 68.0 Å². The Labute approximate surface area is 86.5 Å². The minimum Gasteiger partial charge on any atom is -0.349 e. The number of rotatable bonds is 3. The molecule has 1 heterocycles. The first-order valence-corrected chi connectivity index (χ1v) is 5.49. The molecule has 0 aromatic carbocycles. The molecule has 0 saturated heterocycles. The summed E-state index contributed by atoms with van der Waals surface area (Å²) in [6.45, 7) is 2.47. The van der Waals surface area contributed by atoms with Gasteiger partial charge in [0.15, 0.2) is 0 Å². The summed E-state index contributed by atoms with van der Waals surface area (Å²) in [5.41, 5.74) is 6.57. The van der Waals surface area contributed by atoms with E-state index in [-0.39, 0.29) is 17.9 Å². The lowest BCUT2D eigenvalue weighted by molar-refractivity contribution is -0.122. The van der Waals surface area contributed by atoms with Gasteiger partial charge in [-0.15, -0.1) is 11.3 Å². The highest BCUT2D eigenvalue weighted by Crippen LogP contribution is 2.27. The van der Waals surface area contributed by atoms with Crippen molar-refractivity contribution in [1.29, 1.82) is 0 Å². The molecule has 1 saturated carbocycles. The number of nitrogens with zero attached hydrogens (tertiary/aromatic N) is 1. The van der Waals surface area contributed by atoms with Crippen molar-refractivity contribution >= 4 is 17.2 Å². The Morgan fingerprint density at radius 2 is 2.57 bits per heavy atom. The lowest BCUT2D eigenvalue weighted by Crippen LogP contribution is -2.26. The van der Waals surface area contributed by atoms with Crippen molar-refractivity contribution in [2.45, 2.75) is 25.9 Å². The smallest absolute Gasteiger partial charge is 0.225 e. The molecular formula is C9H13N3OS. The van der Waals surface area contributed by atoms with E-state index in [1.54, 1.807) is 11.3 Å². The highest BCUT2D eigenvalue weighted by atomic mass is 32.1. The zero-order valence-corrected chi connectivity index (χ0v) is 8.80. The maximum atomic E-state index is 11.4. The molecule has 1 aliphatic rings. The van der Waals surface area contributed by atoms with Crippen LogP contribution >= 0.6 is 11.3 Å². The van der Waals surface area contributed by atoms with Crippen LogP contribution in [0.1, 0.15) is 17.1 Å². The molecule has 2 atom stereocenters. The van der Waals surface area contributed by atoms with E-state index in [0.717, 1.165) is 17.1 Å². The van der Waals surface area contributed by atoms with Gasteiger partial charge in [0.05, 0.1) is 12.5 Å². The number of nitrogens with two attached hydrogens (primary N) is 1. The molecule has 4 nitrogen and oxygen atoms in total. The minimum absolute atomic E-state index is 0.0380. The standard InChI is InChI=1S/C9H13N3OS/c1-5-4-14-8(12-5)3-11-9(13)6-2-7(6)10/h4,6-7H,2-3,10H2,1H3,(H,11,13). The molecule has 0 spiro atoms. The largest absolute Gasteiger partial charge is 0.349 e. The summed E-state index contributed by atoms with van der Waals surface area (Å²) < 4.78 is 0. The third-order valence-electron chi connectivity index (χ3n) is 2.26. The van der Waals surface area contributed by atoms with Crippen molar-refractivity contribution in [2.24, 2.45) is 11.7 Å². The van der Waals surface area contributed by atoms with Crippen molar-refractivity contribution in [2.75, 3.05) is 0 Å². The Kier molecular flexibility index (Phi) is 2.52. The number of nitrogens with one attached hydrogen (secondary N) is 1. The molecule has 0 aliphatic heterocycles. The van der Waals surface area contributed by atoms with Gasteiger partial charge in [0.2, 0.25) is 5.91 Å². The normalized spacial score (nSPS) is 24.7. The summed E-state index contributed by atoms with van der Waals surface area (Å²) in [7, 11) is 0. The van der Waals surface area contributed by atoms with Gasteiger partial charge in [-0.3, -0.25) is 4.79 Å². The van der Waals surface area contributed by atoms with Gasteiger partial charge in [0.1, 0.15) is 5.01 Å². The minimum atomic E-state index is 0.0380. The van der Waals surface area contributed by atoms with Crippen LogP contribution in [0, 0.1) is 12.8 Å². The van der Waals surface area contributed by atoms with E-state index < -0.39 is 0 Å². The first kappa shape index (κ1) is 9.61. The van der Waals surface area contributed by atoms with Gasteiger partial charge in [-0.05, 0) is 13.3 Å². The number of amides is 1. The Morgan fingerprint density at radius 1 is 1.86 bits per heavy atom. The van der Waals surface area contributed by atoms with Gasteiger partial charge in [0, 0.05) is 17.1 Å². The number of thiazole rings is 1. The summed E-state index contributed by atoms with van der Waals surface area (Å²) in [5, 5.41) is 5.76. The van der Waals surface area contributed by atoms with E-state index in [2.05, 4.69) is 10.3 Å². The second-order valence-electron chi connectivity index (χ2n) is 3.61. The molecule has 1 aliphatic carbocycles. The highest BCUT2D eigenvalue weighted by molar-refractivity contribution is 7.09. The fourth-order valence-corrected chi connectivity index (χ4v) is 2.01. The molecule has 1 aromatic heterocycles. The first-order chi connectivity index (χ1) is 6.66. The van der Waals surface area contributed by atoms with E-state index in [0.29, 0.717) is 6.54 Å². The molecule has 3 N–H and O–H groups in total. The van der Waals surface area contributed by atoms with E-state index in [1.165, 1.54) is 0 Å². The van der Waals surface area contributed by atoms with E-state index in [4.69, 9.17) is 5.73 Å². The van der Waals surface area contributed by atoms with Crippen LogP contribution in [0.4, 0.5) is 0 Å². The second kappa shape index (κ2) is 3.67. The van der Waals surface area contributed by atoms with Crippen LogP contribution in [-0.4, -0.2) is 16.9 Å². The fourth-order valence-electron chi connectivity index (χ4n) is 1.29. The monoisotopic (exact) mass is 211 g/mol. The van der Waals surface area contributed by atoms with Gasteiger partial charge in [-0.25, -0.2) is 4.98 Å². The third kappa shape index (κ3) is 2.10. The molecule has 2 rings (SSSR count). The molecule has 14 heavy (non-hydrogen) atoms. The summed E-state index contributed by atoms with van der Waals surface area (Å²) in [4.78, 5) is 15.6. The first-order valence-electron chi connectivity index (χ1n) is 4.61. The summed E-state index contributed by atoms with van der Waals surface area (Å²) >= 11 is 1.57. The third-order valence-corrected chi connectivity index (χ3v) is 3.22. The van der Waals surface area contributed by atoms with Gasteiger partial charge >= 0.3 is 0 Å². The number of aromatic nitrogens is 1.